The lowest BCUT2D eigenvalue weighted by molar-refractivity contribution is -0.148. The van der Waals surface area contributed by atoms with E-state index in [0.29, 0.717) is 11.3 Å². The highest BCUT2D eigenvalue weighted by molar-refractivity contribution is 6.08. The summed E-state index contributed by atoms with van der Waals surface area (Å²) in [5, 5.41) is 2.68. The molecular weight excluding hydrogens is 384 g/mol. The standard InChI is InChI=1S/C23H26N2O5/c1-15-5-7-18(8-6-15)23(4)21(27)25(22(28)24-23)14-20(26)30-10-9-29-19-12-16(2)11-17(3)13-19/h5-8,11-13H,9-10,14H2,1-4H3,(H,24,28)/t23-/m1/s1. The van der Waals surface area contributed by atoms with Crippen molar-refractivity contribution in [2.75, 3.05) is 19.8 Å². The van der Waals surface area contributed by atoms with E-state index < -0.39 is 30.0 Å². The van der Waals surface area contributed by atoms with Crippen molar-refractivity contribution in [1.82, 2.24) is 10.2 Å². The molecule has 7 nitrogen and oxygen atoms in total. The van der Waals surface area contributed by atoms with E-state index in [-0.39, 0.29) is 13.2 Å². The van der Waals surface area contributed by atoms with Gasteiger partial charge in [-0.15, -0.1) is 0 Å². The number of aryl methyl sites for hydroxylation is 3. The maximum absolute atomic E-state index is 12.8. The van der Waals surface area contributed by atoms with Crippen molar-refractivity contribution in [3.8, 4) is 5.75 Å². The fourth-order valence-electron chi connectivity index (χ4n) is 3.43. The number of benzene rings is 2. The monoisotopic (exact) mass is 410 g/mol. The number of hydrogen-bond donors (Lipinski definition) is 1. The van der Waals surface area contributed by atoms with Gasteiger partial charge in [-0.3, -0.25) is 14.5 Å². The number of esters is 1. The molecule has 30 heavy (non-hydrogen) atoms. The summed E-state index contributed by atoms with van der Waals surface area (Å²) in [6, 6.07) is 12.5. The summed E-state index contributed by atoms with van der Waals surface area (Å²) < 4.78 is 10.7. The van der Waals surface area contributed by atoms with E-state index in [1.165, 1.54) is 0 Å². The summed E-state index contributed by atoms with van der Waals surface area (Å²) in [5.74, 6) is -0.457. The lowest BCUT2D eigenvalue weighted by Gasteiger charge is -2.22. The van der Waals surface area contributed by atoms with Gasteiger partial charge in [0.05, 0.1) is 0 Å². The lowest BCUT2D eigenvalue weighted by Crippen LogP contribution is -2.41. The lowest BCUT2D eigenvalue weighted by atomic mass is 9.91. The Hall–Kier alpha value is -3.35. The van der Waals surface area contributed by atoms with Crippen LogP contribution in [0.1, 0.15) is 29.2 Å². The van der Waals surface area contributed by atoms with Crippen molar-refractivity contribution in [1.29, 1.82) is 0 Å². The summed E-state index contributed by atoms with van der Waals surface area (Å²) in [4.78, 5) is 38.2. The van der Waals surface area contributed by atoms with Gasteiger partial charge in [0, 0.05) is 0 Å². The van der Waals surface area contributed by atoms with Gasteiger partial charge in [-0.25, -0.2) is 4.79 Å². The molecule has 1 aliphatic heterocycles. The highest BCUT2D eigenvalue weighted by Crippen LogP contribution is 2.28. The van der Waals surface area contributed by atoms with Gasteiger partial charge in [0.2, 0.25) is 0 Å². The molecule has 0 radical (unpaired) electrons. The first kappa shape index (κ1) is 21.4. The first-order chi connectivity index (χ1) is 14.2. The minimum Gasteiger partial charge on any atom is -0.490 e. The number of ether oxygens (including phenoxy) is 2. The van der Waals surface area contributed by atoms with Crippen LogP contribution in [0.5, 0.6) is 5.75 Å². The Bertz CT molecular complexity index is 950. The van der Waals surface area contributed by atoms with E-state index in [0.717, 1.165) is 21.6 Å². The summed E-state index contributed by atoms with van der Waals surface area (Å²) in [6.07, 6.45) is 0. The first-order valence-corrected chi connectivity index (χ1v) is 9.77. The fourth-order valence-corrected chi connectivity index (χ4v) is 3.43. The van der Waals surface area contributed by atoms with Gasteiger partial charge < -0.3 is 14.8 Å². The Labute approximate surface area is 176 Å². The number of amides is 3. The normalized spacial score (nSPS) is 18.3. The van der Waals surface area contributed by atoms with Gasteiger partial charge in [-0.1, -0.05) is 35.9 Å². The Kier molecular flexibility index (Phi) is 6.10. The van der Waals surface area contributed by atoms with E-state index >= 15 is 0 Å². The summed E-state index contributed by atoms with van der Waals surface area (Å²) in [6.45, 7) is 7.26. The predicted molar refractivity (Wildman–Crippen MR) is 111 cm³/mol. The number of nitrogens with one attached hydrogen (secondary N) is 1. The van der Waals surface area contributed by atoms with Crippen LogP contribution in [0.15, 0.2) is 42.5 Å². The average Bonchev–Trinajstić information content (AvgIpc) is 2.89. The number of rotatable bonds is 7. The van der Waals surface area contributed by atoms with Gasteiger partial charge in [0.15, 0.2) is 0 Å². The molecule has 1 saturated heterocycles. The van der Waals surface area contributed by atoms with Crippen molar-refractivity contribution >= 4 is 17.9 Å². The third kappa shape index (κ3) is 4.62. The molecule has 0 bridgehead atoms. The van der Waals surface area contributed by atoms with Crippen molar-refractivity contribution in [3.63, 3.8) is 0 Å². The number of nitrogens with zero attached hydrogens (tertiary/aromatic N) is 1. The Balaban J connectivity index is 1.53. The second-order valence-electron chi connectivity index (χ2n) is 7.70. The van der Waals surface area contributed by atoms with Crippen LogP contribution in [-0.2, 0) is 19.9 Å². The molecule has 158 valence electrons. The molecule has 0 unspecified atom stereocenters. The fraction of sp³-hybridized carbons (Fsp3) is 0.348. The van der Waals surface area contributed by atoms with Gasteiger partial charge in [-0.05, 0) is 56.5 Å². The quantitative estimate of drug-likeness (QED) is 0.431. The Morgan fingerprint density at radius 2 is 1.60 bits per heavy atom. The zero-order valence-corrected chi connectivity index (χ0v) is 17.7. The van der Waals surface area contributed by atoms with Crippen LogP contribution in [0, 0.1) is 20.8 Å². The summed E-state index contributed by atoms with van der Waals surface area (Å²) >= 11 is 0. The molecule has 1 fully saturated rings. The highest BCUT2D eigenvalue weighted by atomic mass is 16.6. The molecule has 2 aromatic carbocycles. The van der Waals surface area contributed by atoms with E-state index in [9.17, 15) is 14.4 Å². The van der Waals surface area contributed by atoms with Gasteiger partial charge in [-0.2, -0.15) is 0 Å². The topological polar surface area (TPSA) is 84.9 Å². The molecule has 1 aliphatic rings. The van der Waals surface area contributed by atoms with Crippen molar-refractivity contribution in [2.24, 2.45) is 0 Å². The molecule has 0 saturated carbocycles. The molecule has 2 aromatic rings. The summed E-state index contributed by atoms with van der Waals surface area (Å²) in [7, 11) is 0. The van der Waals surface area contributed by atoms with Gasteiger partial charge in [0.25, 0.3) is 5.91 Å². The molecule has 3 rings (SSSR count). The third-order valence-corrected chi connectivity index (χ3v) is 5.00. The van der Waals surface area contributed by atoms with Crippen LogP contribution in [-0.4, -0.2) is 42.6 Å². The molecule has 0 spiro atoms. The average molecular weight is 410 g/mol. The van der Waals surface area contributed by atoms with Crippen LogP contribution in [0.2, 0.25) is 0 Å². The minimum atomic E-state index is -1.21. The van der Waals surface area contributed by atoms with E-state index in [4.69, 9.17) is 9.47 Å². The van der Waals surface area contributed by atoms with Gasteiger partial charge in [0.1, 0.15) is 31.0 Å². The van der Waals surface area contributed by atoms with Crippen LogP contribution < -0.4 is 10.1 Å². The van der Waals surface area contributed by atoms with Gasteiger partial charge >= 0.3 is 12.0 Å². The molecule has 0 aliphatic carbocycles. The number of imide groups is 1. The van der Waals surface area contributed by atoms with Crippen molar-refractivity contribution in [3.05, 3.63) is 64.7 Å². The smallest absolute Gasteiger partial charge is 0.326 e. The largest absolute Gasteiger partial charge is 0.490 e. The molecule has 1 N–H and O–H groups in total. The predicted octanol–water partition coefficient (Wildman–Crippen LogP) is 3.00. The third-order valence-electron chi connectivity index (χ3n) is 5.00. The molecule has 7 heteroatoms. The number of carbonyl (C=O) groups excluding carboxylic acids is 3. The Morgan fingerprint density at radius 3 is 2.23 bits per heavy atom. The molecule has 1 atom stereocenters. The van der Waals surface area contributed by atoms with Crippen molar-refractivity contribution in [2.45, 2.75) is 33.2 Å². The number of urea groups is 1. The van der Waals surface area contributed by atoms with Crippen LogP contribution in [0.25, 0.3) is 0 Å². The SMILES string of the molecule is Cc1ccc([C@@]2(C)NC(=O)N(CC(=O)OCCOc3cc(C)cc(C)c3)C2=O)cc1. The maximum atomic E-state index is 12.8. The van der Waals surface area contributed by atoms with Crippen molar-refractivity contribution < 1.29 is 23.9 Å². The van der Waals surface area contributed by atoms with E-state index in [1.54, 1.807) is 19.1 Å². The van der Waals surface area contributed by atoms with Crippen LogP contribution in [0.3, 0.4) is 0 Å². The molecule has 0 aromatic heterocycles. The molecule has 3 amide bonds. The maximum Gasteiger partial charge on any atom is 0.326 e. The van der Waals surface area contributed by atoms with E-state index in [2.05, 4.69) is 5.32 Å². The minimum absolute atomic E-state index is 0.0186. The highest BCUT2D eigenvalue weighted by Gasteiger charge is 2.49. The molecule has 1 heterocycles. The summed E-state index contributed by atoms with van der Waals surface area (Å²) in [5.41, 5.74) is 2.65. The second kappa shape index (κ2) is 8.57. The van der Waals surface area contributed by atoms with Crippen LogP contribution >= 0.6 is 0 Å². The Morgan fingerprint density at radius 1 is 0.967 bits per heavy atom. The number of carbonyl (C=O) groups is 3. The zero-order valence-electron chi connectivity index (χ0n) is 17.7. The second-order valence-corrected chi connectivity index (χ2v) is 7.70. The van der Waals surface area contributed by atoms with Crippen LogP contribution in [0.4, 0.5) is 4.79 Å². The zero-order chi connectivity index (χ0) is 21.9. The first-order valence-electron chi connectivity index (χ1n) is 9.77. The van der Waals surface area contributed by atoms with E-state index in [1.807, 2.05) is 51.1 Å². The molecular formula is C23H26N2O5. The number of hydrogen-bond acceptors (Lipinski definition) is 5.